The third-order valence-electron chi connectivity index (χ3n) is 4.22. The van der Waals surface area contributed by atoms with E-state index in [4.69, 9.17) is 10.00 Å². The SMILES string of the molecule is COc1nc(-c2ccc(C#N)cc2)c(-c2ccc(C)cc2)n2cnnc12. The van der Waals surface area contributed by atoms with Crippen molar-refractivity contribution in [2.45, 2.75) is 6.92 Å². The average Bonchev–Trinajstić information content (AvgIpc) is 3.17. The van der Waals surface area contributed by atoms with Crippen molar-refractivity contribution < 1.29 is 4.74 Å². The van der Waals surface area contributed by atoms with Crippen LogP contribution in [0.25, 0.3) is 28.2 Å². The lowest BCUT2D eigenvalue weighted by Gasteiger charge is -2.14. The van der Waals surface area contributed by atoms with Crippen LogP contribution in [0.3, 0.4) is 0 Å². The molecule has 6 heteroatoms. The molecule has 0 aliphatic rings. The van der Waals surface area contributed by atoms with E-state index in [1.807, 2.05) is 35.6 Å². The fourth-order valence-corrected chi connectivity index (χ4v) is 2.89. The molecule has 0 spiro atoms. The first kappa shape index (κ1) is 15.8. The Balaban J connectivity index is 2.05. The van der Waals surface area contributed by atoms with E-state index in [0.29, 0.717) is 17.1 Å². The van der Waals surface area contributed by atoms with Gasteiger partial charge in [0, 0.05) is 11.1 Å². The van der Waals surface area contributed by atoms with E-state index in [2.05, 4.69) is 33.4 Å². The van der Waals surface area contributed by atoms with Crippen molar-refractivity contribution in [3.8, 4) is 34.5 Å². The molecule has 4 rings (SSSR count). The molecular formula is C20H15N5O. The Morgan fingerprint density at radius 2 is 1.69 bits per heavy atom. The van der Waals surface area contributed by atoms with Crippen molar-refractivity contribution in [2.24, 2.45) is 0 Å². The van der Waals surface area contributed by atoms with E-state index in [1.54, 1.807) is 25.6 Å². The summed E-state index contributed by atoms with van der Waals surface area (Å²) in [7, 11) is 1.56. The molecule has 2 aromatic carbocycles. The van der Waals surface area contributed by atoms with Gasteiger partial charge in [-0.15, -0.1) is 10.2 Å². The summed E-state index contributed by atoms with van der Waals surface area (Å²) >= 11 is 0. The minimum absolute atomic E-state index is 0.401. The number of rotatable bonds is 3. The average molecular weight is 341 g/mol. The molecular weight excluding hydrogens is 326 g/mol. The van der Waals surface area contributed by atoms with Gasteiger partial charge in [0.2, 0.25) is 5.65 Å². The maximum atomic E-state index is 9.05. The molecule has 0 saturated heterocycles. The number of aryl methyl sites for hydroxylation is 1. The number of benzene rings is 2. The van der Waals surface area contributed by atoms with Gasteiger partial charge in [0.05, 0.1) is 30.1 Å². The first-order valence-corrected chi connectivity index (χ1v) is 8.06. The molecule has 0 N–H and O–H groups in total. The standard InChI is InChI=1S/C20H15N5O/c1-13-3-7-16(8-4-13)18-17(15-9-5-14(11-21)6-10-15)23-20(26-2)19-24-22-12-25(18)19/h3-10,12H,1-2H3. The van der Waals surface area contributed by atoms with E-state index >= 15 is 0 Å². The fourth-order valence-electron chi connectivity index (χ4n) is 2.89. The molecule has 4 aromatic rings. The Kier molecular flexibility index (Phi) is 3.82. The van der Waals surface area contributed by atoms with E-state index in [-0.39, 0.29) is 0 Å². The van der Waals surface area contributed by atoms with Gasteiger partial charge >= 0.3 is 0 Å². The van der Waals surface area contributed by atoms with Gasteiger partial charge in [0.15, 0.2) is 0 Å². The van der Waals surface area contributed by atoms with Crippen molar-refractivity contribution in [3.63, 3.8) is 0 Å². The van der Waals surface area contributed by atoms with Crippen LogP contribution in [0.4, 0.5) is 0 Å². The molecule has 0 aliphatic heterocycles. The molecule has 0 unspecified atom stereocenters. The van der Waals surface area contributed by atoms with E-state index in [9.17, 15) is 0 Å². The zero-order valence-electron chi connectivity index (χ0n) is 14.3. The molecule has 0 saturated carbocycles. The van der Waals surface area contributed by atoms with Gasteiger partial charge in [0.1, 0.15) is 6.33 Å². The molecule has 26 heavy (non-hydrogen) atoms. The summed E-state index contributed by atoms with van der Waals surface area (Å²) in [5, 5.41) is 17.2. The minimum Gasteiger partial charge on any atom is -0.478 e. The summed E-state index contributed by atoms with van der Waals surface area (Å²) < 4.78 is 7.30. The van der Waals surface area contributed by atoms with Crippen LogP contribution in [0.2, 0.25) is 0 Å². The maximum absolute atomic E-state index is 9.05. The molecule has 126 valence electrons. The molecule has 2 aromatic heterocycles. The molecule has 0 bridgehead atoms. The lowest BCUT2D eigenvalue weighted by molar-refractivity contribution is 0.400. The van der Waals surface area contributed by atoms with Crippen molar-refractivity contribution >= 4 is 5.65 Å². The summed E-state index contributed by atoms with van der Waals surface area (Å²) in [6.45, 7) is 2.05. The third kappa shape index (κ3) is 2.56. The second-order valence-corrected chi connectivity index (χ2v) is 5.90. The van der Waals surface area contributed by atoms with Crippen molar-refractivity contribution in [3.05, 3.63) is 66.0 Å². The third-order valence-corrected chi connectivity index (χ3v) is 4.22. The Hall–Kier alpha value is -3.72. The Labute approximate surface area is 150 Å². The quantitative estimate of drug-likeness (QED) is 0.568. The maximum Gasteiger partial charge on any atom is 0.260 e. The van der Waals surface area contributed by atoms with Crippen LogP contribution in [-0.2, 0) is 0 Å². The van der Waals surface area contributed by atoms with Crippen molar-refractivity contribution in [1.29, 1.82) is 5.26 Å². The number of fused-ring (bicyclic) bond motifs is 1. The second-order valence-electron chi connectivity index (χ2n) is 5.90. The zero-order valence-corrected chi connectivity index (χ0v) is 14.3. The van der Waals surface area contributed by atoms with Crippen LogP contribution in [0, 0.1) is 18.3 Å². The number of ether oxygens (including phenoxy) is 1. The predicted molar refractivity (Wildman–Crippen MR) is 97.7 cm³/mol. The van der Waals surface area contributed by atoms with E-state index in [0.717, 1.165) is 22.5 Å². The molecule has 0 radical (unpaired) electrons. The first-order chi connectivity index (χ1) is 12.7. The summed E-state index contributed by atoms with van der Waals surface area (Å²) in [4.78, 5) is 4.69. The number of methoxy groups -OCH3 is 1. The lowest BCUT2D eigenvalue weighted by Crippen LogP contribution is -2.02. The van der Waals surface area contributed by atoms with Crippen molar-refractivity contribution in [1.82, 2.24) is 19.6 Å². The monoisotopic (exact) mass is 341 g/mol. The van der Waals surface area contributed by atoms with Gasteiger partial charge in [-0.05, 0) is 19.1 Å². The number of nitrogens with zero attached hydrogens (tertiary/aromatic N) is 5. The fraction of sp³-hybridized carbons (Fsp3) is 0.100. The lowest BCUT2D eigenvalue weighted by atomic mass is 10.0. The summed E-state index contributed by atoms with van der Waals surface area (Å²) in [6.07, 6.45) is 1.65. The van der Waals surface area contributed by atoms with Gasteiger partial charge in [-0.1, -0.05) is 42.0 Å². The molecule has 2 heterocycles. The Bertz CT molecular complexity index is 1120. The Morgan fingerprint density at radius 1 is 1.00 bits per heavy atom. The summed E-state index contributed by atoms with van der Waals surface area (Å²) in [5.74, 6) is 0.401. The largest absolute Gasteiger partial charge is 0.478 e. The number of hydrogen-bond acceptors (Lipinski definition) is 5. The van der Waals surface area contributed by atoms with Gasteiger partial charge < -0.3 is 4.74 Å². The van der Waals surface area contributed by atoms with Crippen LogP contribution >= 0.6 is 0 Å². The van der Waals surface area contributed by atoms with Gasteiger partial charge in [0.25, 0.3) is 5.88 Å². The number of nitriles is 1. The molecule has 0 atom stereocenters. The second kappa shape index (κ2) is 6.30. The van der Waals surface area contributed by atoms with Crippen LogP contribution in [0.5, 0.6) is 5.88 Å². The summed E-state index contributed by atoms with van der Waals surface area (Å²) in [5.41, 5.74) is 5.82. The highest BCUT2D eigenvalue weighted by Gasteiger charge is 2.19. The van der Waals surface area contributed by atoms with Gasteiger partial charge in [-0.2, -0.15) is 5.26 Å². The zero-order chi connectivity index (χ0) is 18.1. The first-order valence-electron chi connectivity index (χ1n) is 8.06. The molecule has 0 amide bonds. The normalized spacial score (nSPS) is 10.7. The molecule has 0 aliphatic carbocycles. The smallest absolute Gasteiger partial charge is 0.260 e. The van der Waals surface area contributed by atoms with E-state index < -0.39 is 0 Å². The van der Waals surface area contributed by atoms with Gasteiger partial charge in [-0.25, -0.2) is 4.98 Å². The van der Waals surface area contributed by atoms with Gasteiger partial charge in [-0.3, -0.25) is 4.40 Å². The number of aromatic nitrogens is 4. The molecule has 6 nitrogen and oxygen atoms in total. The highest BCUT2D eigenvalue weighted by Crippen LogP contribution is 2.34. The van der Waals surface area contributed by atoms with E-state index in [1.165, 1.54) is 5.56 Å². The highest BCUT2D eigenvalue weighted by atomic mass is 16.5. The van der Waals surface area contributed by atoms with Crippen LogP contribution in [0.1, 0.15) is 11.1 Å². The molecule has 0 fully saturated rings. The van der Waals surface area contributed by atoms with Crippen molar-refractivity contribution in [2.75, 3.05) is 7.11 Å². The Morgan fingerprint density at radius 3 is 2.35 bits per heavy atom. The topological polar surface area (TPSA) is 76.1 Å². The van der Waals surface area contributed by atoms with Crippen LogP contribution in [-0.4, -0.2) is 26.7 Å². The highest BCUT2D eigenvalue weighted by molar-refractivity contribution is 5.81. The minimum atomic E-state index is 0.401. The van der Waals surface area contributed by atoms with Crippen LogP contribution < -0.4 is 4.74 Å². The number of hydrogen-bond donors (Lipinski definition) is 0. The predicted octanol–water partition coefficient (Wildman–Crippen LogP) is 3.65. The summed E-state index contributed by atoms with van der Waals surface area (Å²) in [6, 6.07) is 17.7. The van der Waals surface area contributed by atoms with Crippen LogP contribution in [0.15, 0.2) is 54.9 Å².